The standard InChI is InChI=1S/C12H21NO3/c14-10-7-13(8-11(10)15)12(16)6-9-4-2-1-3-5-9/h9-11,14-15H,1-8H2. The molecule has 1 saturated heterocycles. The number of hydrogen-bond acceptors (Lipinski definition) is 3. The van der Waals surface area contributed by atoms with Gasteiger partial charge in [-0.3, -0.25) is 4.79 Å². The quantitative estimate of drug-likeness (QED) is 0.723. The highest BCUT2D eigenvalue weighted by molar-refractivity contribution is 5.76. The molecule has 0 aromatic heterocycles. The molecule has 2 atom stereocenters. The molecule has 2 N–H and O–H groups in total. The first-order valence-corrected chi connectivity index (χ1v) is 6.30. The van der Waals surface area contributed by atoms with Crippen molar-refractivity contribution in [1.82, 2.24) is 4.90 Å². The van der Waals surface area contributed by atoms with Gasteiger partial charge in [0, 0.05) is 19.5 Å². The SMILES string of the molecule is O=C(CC1CCCCC1)N1CC(O)C(O)C1. The fourth-order valence-electron chi connectivity index (χ4n) is 2.74. The second kappa shape index (κ2) is 5.15. The van der Waals surface area contributed by atoms with Crippen LogP contribution in [-0.2, 0) is 4.79 Å². The number of rotatable bonds is 2. The summed E-state index contributed by atoms with van der Waals surface area (Å²) in [6.07, 6.45) is 5.18. The Morgan fingerprint density at radius 1 is 1.06 bits per heavy atom. The van der Waals surface area contributed by atoms with Gasteiger partial charge in [-0.05, 0) is 18.8 Å². The summed E-state index contributed by atoms with van der Waals surface area (Å²) in [4.78, 5) is 13.5. The van der Waals surface area contributed by atoms with Gasteiger partial charge in [0.15, 0.2) is 0 Å². The lowest BCUT2D eigenvalue weighted by Gasteiger charge is -2.23. The number of hydrogen-bond donors (Lipinski definition) is 2. The molecule has 1 saturated carbocycles. The van der Waals surface area contributed by atoms with Crippen molar-refractivity contribution in [2.45, 2.75) is 50.7 Å². The molecule has 4 heteroatoms. The van der Waals surface area contributed by atoms with Crippen LogP contribution in [0.5, 0.6) is 0 Å². The molecule has 4 nitrogen and oxygen atoms in total. The highest BCUT2D eigenvalue weighted by Crippen LogP contribution is 2.27. The van der Waals surface area contributed by atoms with Crippen molar-refractivity contribution in [2.24, 2.45) is 5.92 Å². The van der Waals surface area contributed by atoms with Crippen LogP contribution in [0.15, 0.2) is 0 Å². The minimum Gasteiger partial charge on any atom is -0.388 e. The zero-order chi connectivity index (χ0) is 11.5. The Labute approximate surface area is 96.3 Å². The van der Waals surface area contributed by atoms with Crippen LogP contribution in [0.25, 0.3) is 0 Å². The zero-order valence-corrected chi connectivity index (χ0v) is 9.64. The average Bonchev–Trinajstić information content (AvgIpc) is 2.61. The van der Waals surface area contributed by atoms with Crippen molar-refractivity contribution in [3.05, 3.63) is 0 Å². The molecule has 2 aliphatic rings. The van der Waals surface area contributed by atoms with Crippen molar-refractivity contribution in [2.75, 3.05) is 13.1 Å². The van der Waals surface area contributed by atoms with Gasteiger partial charge in [-0.25, -0.2) is 0 Å². The maximum absolute atomic E-state index is 11.9. The summed E-state index contributed by atoms with van der Waals surface area (Å²) in [5, 5.41) is 18.8. The number of likely N-dealkylation sites (tertiary alicyclic amines) is 1. The van der Waals surface area contributed by atoms with Crippen LogP contribution in [-0.4, -0.2) is 46.3 Å². The summed E-state index contributed by atoms with van der Waals surface area (Å²) >= 11 is 0. The Bertz CT molecular complexity index is 241. The fourth-order valence-corrected chi connectivity index (χ4v) is 2.74. The predicted molar refractivity (Wildman–Crippen MR) is 59.8 cm³/mol. The third-order valence-electron chi connectivity index (χ3n) is 3.80. The van der Waals surface area contributed by atoms with Crippen molar-refractivity contribution in [3.8, 4) is 0 Å². The number of carbonyl (C=O) groups excluding carboxylic acids is 1. The molecular weight excluding hydrogens is 206 g/mol. The molecule has 16 heavy (non-hydrogen) atoms. The van der Waals surface area contributed by atoms with Gasteiger partial charge in [-0.15, -0.1) is 0 Å². The average molecular weight is 227 g/mol. The monoisotopic (exact) mass is 227 g/mol. The molecule has 2 fully saturated rings. The van der Waals surface area contributed by atoms with Crippen LogP contribution in [0.1, 0.15) is 38.5 Å². The Hall–Kier alpha value is -0.610. The van der Waals surface area contributed by atoms with Crippen LogP contribution >= 0.6 is 0 Å². The molecule has 2 unspecified atom stereocenters. The van der Waals surface area contributed by atoms with Crippen molar-refractivity contribution in [1.29, 1.82) is 0 Å². The fraction of sp³-hybridized carbons (Fsp3) is 0.917. The Morgan fingerprint density at radius 2 is 1.62 bits per heavy atom. The number of amides is 1. The third-order valence-corrected chi connectivity index (χ3v) is 3.80. The van der Waals surface area contributed by atoms with Gasteiger partial charge >= 0.3 is 0 Å². The van der Waals surface area contributed by atoms with Gasteiger partial charge in [0.2, 0.25) is 5.91 Å². The molecule has 0 bridgehead atoms. The molecule has 1 amide bonds. The Kier molecular flexibility index (Phi) is 3.82. The molecule has 0 spiro atoms. The van der Waals surface area contributed by atoms with Gasteiger partial charge in [0.1, 0.15) is 0 Å². The van der Waals surface area contributed by atoms with Crippen molar-refractivity contribution < 1.29 is 15.0 Å². The second-order valence-corrected chi connectivity index (χ2v) is 5.14. The molecule has 2 rings (SSSR count). The summed E-state index contributed by atoms with van der Waals surface area (Å²) in [5.74, 6) is 0.624. The zero-order valence-electron chi connectivity index (χ0n) is 9.64. The summed E-state index contributed by atoms with van der Waals surface area (Å²) in [6, 6.07) is 0. The molecule has 1 aliphatic heterocycles. The highest BCUT2D eigenvalue weighted by atomic mass is 16.3. The Morgan fingerprint density at radius 3 is 2.19 bits per heavy atom. The molecule has 0 aromatic carbocycles. The first kappa shape index (κ1) is 11.9. The number of aliphatic hydroxyl groups excluding tert-OH is 2. The maximum atomic E-state index is 11.9. The predicted octanol–water partition coefficient (Wildman–Crippen LogP) is 0.521. The molecule has 1 aliphatic carbocycles. The van der Waals surface area contributed by atoms with Crippen molar-refractivity contribution in [3.63, 3.8) is 0 Å². The largest absolute Gasteiger partial charge is 0.388 e. The number of carbonyl (C=O) groups is 1. The Balaban J connectivity index is 1.79. The maximum Gasteiger partial charge on any atom is 0.223 e. The van der Waals surface area contributed by atoms with Gasteiger partial charge in [-0.2, -0.15) is 0 Å². The topological polar surface area (TPSA) is 60.8 Å². The molecule has 1 heterocycles. The van der Waals surface area contributed by atoms with E-state index < -0.39 is 12.2 Å². The number of β-amino-alcohol motifs (C(OH)–C–C–N with tert-alkyl or cyclic N) is 2. The second-order valence-electron chi connectivity index (χ2n) is 5.14. The van der Waals surface area contributed by atoms with Crippen LogP contribution in [0.2, 0.25) is 0 Å². The van der Waals surface area contributed by atoms with E-state index in [1.807, 2.05) is 0 Å². The molecule has 0 radical (unpaired) electrons. The van der Waals surface area contributed by atoms with Gasteiger partial charge < -0.3 is 15.1 Å². The van der Waals surface area contributed by atoms with Crippen LogP contribution < -0.4 is 0 Å². The summed E-state index contributed by atoms with van der Waals surface area (Å²) in [7, 11) is 0. The van der Waals surface area contributed by atoms with E-state index in [0.717, 1.165) is 12.8 Å². The lowest BCUT2D eigenvalue weighted by atomic mass is 9.87. The van der Waals surface area contributed by atoms with Crippen LogP contribution in [0.3, 0.4) is 0 Å². The smallest absolute Gasteiger partial charge is 0.223 e. The van der Waals surface area contributed by atoms with Gasteiger partial charge in [-0.1, -0.05) is 19.3 Å². The molecule has 0 aromatic rings. The van der Waals surface area contributed by atoms with Gasteiger partial charge in [0.05, 0.1) is 12.2 Å². The minimum atomic E-state index is -0.754. The summed E-state index contributed by atoms with van der Waals surface area (Å²) in [5.41, 5.74) is 0. The first-order chi connectivity index (χ1) is 7.66. The number of nitrogens with zero attached hydrogens (tertiary/aromatic N) is 1. The van der Waals surface area contributed by atoms with E-state index in [-0.39, 0.29) is 5.91 Å². The van der Waals surface area contributed by atoms with E-state index in [9.17, 15) is 15.0 Å². The van der Waals surface area contributed by atoms with E-state index in [1.165, 1.54) is 19.3 Å². The summed E-state index contributed by atoms with van der Waals surface area (Å²) < 4.78 is 0. The van der Waals surface area contributed by atoms with Crippen LogP contribution in [0.4, 0.5) is 0 Å². The van der Waals surface area contributed by atoms with E-state index in [1.54, 1.807) is 4.90 Å². The van der Waals surface area contributed by atoms with E-state index >= 15 is 0 Å². The van der Waals surface area contributed by atoms with Crippen LogP contribution in [0, 0.1) is 5.92 Å². The van der Waals surface area contributed by atoms with E-state index in [2.05, 4.69) is 0 Å². The lowest BCUT2D eigenvalue weighted by molar-refractivity contribution is -0.131. The highest BCUT2D eigenvalue weighted by Gasteiger charge is 2.33. The third kappa shape index (κ3) is 2.74. The lowest BCUT2D eigenvalue weighted by Crippen LogP contribution is -2.31. The van der Waals surface area contributed by atoms with Gasteiger partial charge in [0.25, 0.3) is 0 Å². The molecular formula is C12H21NO3. The van der Waals surface area contributed by atoms with E-state index in [4.69, 9.17) is 0 Å². The normalized spacial score (nSPS) is 32.0. The summed E-state index contributed by atoms with van der Waals surface area (Å²) in [6.45, 7) is 0.597. The van der Waals surface area contributed by atoms with E-state index in [0.29, 0.717) is 25.4 Å². The minimum absolute atomic E-state index is 0.0995. The number of aliphatic hydroxyl groups is 2. The van der Waals surface area contributed by atoms with Crippen molar-refractivity contribution >= 4 is 5.91 Å². The molecule has 92 valence electrons. The first-order valence-electron chi connectivity index (χ1n) is 6.30.